The van der Waals surface area contributed by atoms with Crippen molar-refractivity contribution < 1.29 is 28.7 Å². The van der Waals surface area contributed by atoms with E-state index in [2.05, 4.69) is 54.6 Å². The van der Waals surface area contributed by atoms with Crippen molar-refractivity contribution in [1.82, 2.24) is 15.5 Å². The minimum absolute atomic E-state index is 0.0845. The molecule has 3 aromatic rings. The molecule has 0 radical (unpaired) electrons. The highest BCUT2D eigenvalue weighted by Gasteiger charge is 2.64. The van der Waals surface area contributed by atoms with E-state index in [1.807, 2.05) is 24.3 Å². The van der Waals surface area contributed by atoms with Gasteiger partial charge in [-0.1, -0.05) is 39.3 Å². The van der Waals surface area contributed by atoms with Gasteiger partial charge in [-0.15, -0.1) is 0 Å². The lowest BCUT2D eigenvalue weighted by Crippen LogP contribution is -2.74. The number of hydrogen-bond acceptors (Lipinski definition) is 9. The average Bonchev–Trinajstić information content (AvgIpc) is 3.42. The first-order valence-corrected chi connectivity index (χ1v) is 19.7. The molecule has 1 saturated carbocycles. The van der Waals surface area contributed by atoms with Crippen molar-refractivity contribution in [3.05, 3.63) is 87.9 Å². The molecular formula is C43H47ClN6O6. The van der Waals surface area contributed by atoms with Crippen LogP contribution in [0.15, 0.2) is 60.7 Å². The fourth-order valence-electron chi connectivity index (χ4n) is 9.32. The summed E-state index contributed by atoms with van der Waals surface area (Å²) in [4.78, 5) is 66.8. The van der Waals surface area contributed by atoms with Gasteiger partial charge in [0.15, 0.2) is 0 Å². The van der Waals surface area contributed by atoms with Crippen LogP contribution in [0.25, 0.3) is 0 Å². The van der Waals surface area contributed by atoms with Crippen LogP contribution in [0.4, 0.5) is 11.4 Å². The monoisotopic (exact) mass is 778 g/mol. The van der Waals surface area contributed by atoms with Gasteiger partial charge in [0, 0.05) is 65.9 Å². The van der Waals surface area contributed by atoms with Crippen LogP contribution in [0.5, 0.6) is 5.75 Å². The Morgan fingerprint density at radius 2 is 1.62 bits per heavy atom. The van der Waals surface area contributed by atoms with Crippen molar-refractivity contribution in [3.63, 3.8) is 0 Å². The third kappa shape index (κ3) is 7.32. The molecule has 0 bridgehead atoms. The van der Waals surface area contributed by atoms with Crippen LogP contribution in [0.1, 0.15) is 103 Å². The minimum atomic E-state index is -0.980. The molecule has 5 amide bonds. The second-order valence-corrected chi connectivity index (χ2v) is 17.0. The summed E-state index contributed by atoms with van der Waals surface area (Å²) in [5.74, 6) is -0.973. The van der Waals surface area contributed by atoms with Gasteiger partial charge in [-0.3, -0.25) is 34.2 Å². The Bertz CT molecular complexity index is 2100. The molecule has 292 valence electrons. The van der Waals surface area contributed by atoms with Crippen LogP contribution in [0.2, 0.25) is 5.02 Å². The van der Waals surface area contributed by atoms with Crippen LogP contribution in [0.3, 0.4) is 0 Å². The van der Waals surface area contributed by atoms with Crippen molar-refractivity contribution in [2.24, 2.45) is 16.7 Å². The fraction of sp³-hybridized carbons (Fsp3) is 0.442. The summed E-state index contributed by atoms with van der Waals surface area (Å²) in [5, 5.41) is 18.4. The first-order chi connectivity index (χ1) is 26.7. The Morgan fingerprint density at radius 1 is 0.929 bits per heavy atom. The number of rotatable bonds is 11. The second kappa shape index (κ2) is 15.3. The summed E-state index contributed by atoms with van der Waals surface area (Å²) in [7, 11) is 0. The molecule has 3 heterocycles. The number of ether oxygens (including phenoxy) is 1. The number of nitrogens with zero attached hydrogens (tertiary/aromatic N) is 3. The maximum Gasteiger partial charge on any atom is 0.262 e. The van der Waals surface area contributed by atoms with Gasteiger partial charge in [0.1, 0.15) is 24.0 Å². The van der Waals surface area contributed by atoms with E-state index in [-0.39, 0.29) is 52.9 Å². The predicted molar refractivity (Wildman–Crippen MR) is 212 cm³/mol. The van der Waals surface area contributed by atoms with Crippen LogP contribution in [-0.2, 0) is 9.59 Å². The lowest BCUT2D eigenvalue weighted by Gasteiger charge is -2.63. The molecule has 12 nitrogen and oxygen atoms in total. The number of anilines is 2. The van der Waals surface area contributed by atoms with Gasteiger partial charge >= 0.3 is 0 Å². The Balaban J connectivity index is 0.847. The summed E-state index contributed by atoms with van der Waals surface area (Å²) in [6.07, 6.45) is 4.18. The number of nitriles is 1. The first-order valence-electron chi connectivity index (χ1n) is 19.3. The van der Waals surface area contributed by atoms with E-state index >= 15 is 0 Å². The van der Waals surface area contributed by atoms with E-state index in [4.69, 9.17) is 16.3 Å². The number of carbonyl (C=O) groups excluding carboxylic acids is 5. The number of benzene rings is 3. The largest absolute Gasteiger partial charge is 0.489 e. The zero-order chi connectivity index (χ0) is 39.9. The Labute approximate surface area is 331 Å². The standard InChI is InChI=1S/C43H47ClN6O6/c1-42(2)40(43(3,4)41(42)56-30-13-9-27(24-45)33(44)23-30)48-36(52)26-7-11-29(12-8-26)49-20-17-25(18-21-49)6-5-19-46-28-10-14-31-32(22-28)39(55)50(38(31)54)34-15-16-35(51)47-37(34)53/h7-14,22-23,25,34,40-41,46H,5-6,15-21H2,1-4H3,(H,48,52)(H,47,51,53). The molecule has 4 aliphatic rings. The minimum Gasteiger partial charge on any atom is -0.489 e. The molecule has 1 aliphatic carbocycles. The number of fused-ring (bicyclic) bond motifs is 1. The van der Waals surface area contributed by atoms with Crippen LogP contribution in [-0.4, -0.2) is 72.3 Å². The number of hydrogen-bond donors (Lipinski definition) is 3. The van der Waals surface area contributed by atoms with Crippen molar-refractivity contribution in [2.45, 2.75) is 84.4 Å². The van der Waals surface area contributed by atoms with Gasteiger partial charge in [-0.2, -0.15) is 5.26 Å². The van der Waals surface area contributed by atoms with E-state index in [9.17, 15) is 29.2 Å². The maximum absolute atomic E-state index is 13.4. The molecule has 56 heavy (non-hydrogen) atoms. The molecule has 13 heteroatoms. The van der Waals surface area contributed by atoms with Crippen molar-refractivity contribution >= 4 is 52.5 Å². The Kier molecular flexibility index (Phi) is 10.6. The van der Waals surface area contributed by atoms with E-state index in [0.717, 1.165) is 61.6 Å². The second-order valence-electron chi connectivity index (χ2n) is 16.6. The highest BCUT2D eigenvalue weighted by atomic mass is 35.5. The fourth-order valence-corrected chi connectivity index (χ4v) is 9.53. The predicted octanol–water partition coefficient (Wildman–Crippen LogP) is 6.33. The normalized spacial score (nSPS) is 22.8. The number of amides is 5. The third-order valence-corrected chi connectivity index (χ3v) is 12.4. The quantitative estimate of drug-likeness (QED) is 0.149. The smallest absolute Gasteiger partial charge is 0.262 e. The number of carbonyl (C=O) groups is 5. The van der Waals surface area contributed by atoms with Crippen LogP contribution >= 0.6 is 11.6 Å². The molecule has 2 saturated heterocycles. The lowest BCUT2D eigenvalue weighted by atomic mass is 9.49. The third-order valence-electron chi connectivity index (χ3n) is 12.1. The van der Waals surface area contributed by atoms with Crippen molar-refractivity contribution in [1.29, 1.82) is 5.26 Å². The SMILES string of the molecule is CC1(C)C(NC(=O)c2ccc(N3CCC(CCCNc4ccc5c(c4)C(=O)N(C4CCC(=O)NC4=O)C5=O)CC3)cc2)C(C)(C)C1Oc1ccc(C#N)c(Cl)c1. The molecule has 1 unspecified atom stereocenters. The molecule has 1 atom stereocenters. The summed E-state index contributed by atoms with van der Waals surface area (Å²) in [5.41, 5.74) is 2.67. The van der Waals surface area contributed by atoms with Gasteiger partial charge in [0.05, 0.1) is 21.7 Å². The van der Waals surface area contributed by atoms with Crippen molar-refractivity contribution in [3.8, 4) is 11.8 Å². The topological polar surface area (TPSA) is 161 Å². The van der Waals surface area contributed by atoms with E-state index in [0.29, 0.717) is 27.8 Å². The Morgan fingerprint density at radius 3 is 2.29 bits per heavy atom. The van der Waals surface area contributed by atoms with Crippen LogP contribution < -0.4 is 25.6 Å². The maximum atomic E-state index is 13.4. The van der Waals surface area contributed by atoms with Crippen LogP contribution in [0, 0.1) is 28.1 Å². The van der Waals surface area contributed by atoms with E-state index < -0.39 is 29.7 Å². The summed E-state index contributed by atoms with van der Waals surface area (Å²) >= 11 is 6.24. The first kappa shape index (κ1) is 38.8. The molecule has 3 fully saturated rings. The lowest BCUT2D eigenvalue weighted by molar-refractivity contribution is -0.164. The summed E-state index contributed by atoms with van der Waals surface area (Å²) in [6, 6.07) is 18.9. The van der Waals surface area contributed by atoms with Gasteiger partial charge in [-0.25, -0.2) is 0 Å². The molecule has 7 rings (SSSR count). The zero-order valence-electron chi connectivity index (χ0n) is 32.1. The summed E-state index contributed by atoms with van der Waals surface area (Å²) < 4.78 is 6.37. The van der Waals surface area contributed by atoms with Gasteiger partial charge in [0.2, 0.25) is 11.8 Å². The van der Waals surface area contributed by atoms with Gasteiger partial charge in [-0.05, 0) is 92.6 Å². The van der Waals surface area contributed by atoms with E-state index in [1.54, 1.807) is 36.4 Å². The van der Waals surface area contributed by atoms with Gasteiger partial charge in [0.25, 0.3) is 17.7 Å². The molecular weight excluding hydrogens is 732 g/mol. The molecule has 3 N–H and O–H groups in total. The van der Waals surface area contributed by atoms with E-state index in [1.165, 1.54) is 0 Å². The highest BCUT2D eigenvalue weighted by Crippen LogP contribution is 2.55. The number of piperidine rings is 2. The molecule has 0 aromatic heterocycles. The highest BCUT2D eigenvalue weighted by molar-refractivity contribution is 6.31. The number of nitrogens with one attached hydrogen (secondary N) is 3. The van der Waals surface area contributed by atoms with Gasteiger partial charge < -0.3 is 20.3 Å². The molecule has 3 aliphatic heterocycles. The summed E-state index contributed by atoms with van der Waals surface area (Å²) in [6.45, 7) is 10.9. The average molecular weight is 779 g/mol. The number of imide groups is 2. The Hall–Kier alpha value is -5.41. The zero-order valence-corrected chi connectivity index (χ0v) is 32.9. The van der Waals surface area contributed by atoms with Crippen molar-refractivity contribution in [2.75, 3.05) is 29.9 Å². The number of halogens is 1. The molecule has 3 aromatic carbocycles. The molecule has 0 spiro atoms.